The highest BCUT2D eigenvalue weighted by Crippen LogP contribution is 2.09. The van der Waals surface area contributed by atoms with E-state index in [0.29, 0.717) is 6.61 Å². The normalized spacial score (nSPS) is 12.9. The highest BCUT2D eigenvalue weighted by molar-refractivity contribution is 4.56. The molecule has 0 saturated heterocycles. The van der Waals surface area contributed by atoms with Gasteiger partial charge >= 0.3 is 0 Å². The van der Waals surface area contributed by atoms with Gasteiger partial charge in [-0.15, -0.1) is 0 Å². The topological polar surface area (TPSA) is 30.5 Å². The number of methoxy groups -OCH3 is 1. The molecule has 1 N–H and O–H groups in total. The Morgan fingerprint density at radius 2 is 1.88 bits per heavy atom. The SMILES string of the molecule is CCCNCCC(C)CCCOCCOC. The Kier molecular flexibility index (Phi) is 12.9. The van der Waals surface area contributed by atoms with Gasteiger partial charge in [0, 0.05) is 13.7 Å². The van der Waals surface area contributed by atoms with E-state index in [1.807, 2.05) is 0 Å². The molecule has 0 amide bonds. The quantitative estimate of drug-likeness (QED) is 0.523. The molecule has 0 spiro atoms. The third kappa shape index (κ3) is 12.0. The predicted octanol–water partition coefficient (Wildman–Crippen LogP) is 2.46. The van der Waals surface area contributed by atoms with Crippen LogP contribution in [0.5, 0.6) is 0 Å². The summed E-state index contributed by atoms with van der Waals surface area (Å²) >= 11 is 0. The Labute approximate surface area is 101 Å². The second-order valence-corrected chi connectivity index (χ2v) is 4.39. The minimum Gasteiger partial charge on any atom is -0.382 e. The monoisotopic (exact) mass is 231 g/mol. The van der Waals surface area contributed by atoms with Crippen molar-refractivity contribution in [2.75, 3.05) is 40.0 Å². The summed E-state index contributed by atoms with van der Waals surface area (Å²) < 4.78 is 10.3. The maximum absolute atomic E-state index is 5.43. The smallest absolute Gasteiger partial charge is 0.0700 e. The van der Waals surface area contributed by atoms with Crippen LogP contribution in [-0.4, -0.2) is 40.0 Å². The second-order valence-electron chi connectivity index (χ2n) is 4.39. The third-order valence-electron chi connectivity index (χ3n) is 2.66. The van der Waals surface area contributed by atoms with Crippen molar-refractivity contribution in [3.8, 4) is 0 Å². The molecular formula is C13H29NO2. The van der Waals surface area contributed by atoms with E-state index >= 15 is 0 Å². The van der Waals surface area contributed by atoms with Crippen LogP contribution in [0.15, 0.2) is 0 Å². The number of hydrogen-bond acceptors (Lipinski definition) is 3. The molecule has 0 aliphatic heterocycles. The highest BCUT2D eigenvalue weighted by Gasteiger charge is 2.01. The van der Waals surface area contributed by atoms with Gasteiger partial charge in [-0.2, -0.15) is 0 Å². The minimum atomic E-state index is 0.705. The first-order valence-corrected chi connectivity index (χ1v) is 6.58. The molecule has 0 aliphatic carbocycles. The van der Waals surface area contributed by atoms with Gasteiger partial charge in [-0.25, -0.2) is 0 Å². The standard InChI is InChI=1S/C13H29NO2/c1-4-8-14-9-7-13(2)6-5-10-16-12-11-15-3/h13-14H,4-12H2,1-3H3. The lowest BCUT2D eigenvalue weighted by Crippen LogP contribution is -2.18. The molecule has 3 heteroatoms. The van der Waals surface area contributed by atoms with Crippen molar-refractivity contribution in [2.24, 2.45) is 5.92 Å². The molecule has 16 heavy (non-hydrogen) atoms. The molecule has 0 rings (SSSR count). The fourth-order valence-corrected chi connectivity index (χ4v) is 1.57. The molecule has 0 saturated carbocycles. The van der Waals surface area contributed by atoms with Gasteiger partial charge in [0.1, 0.15) is 0 Å². The zero-order valence-electron chi connectivity index (χ0n) is 11.3. The fourth-order valence-electron chi connectivity index (χ4n) is 1.57. The molecule has 1 atom stereocenters. The molecule has 0 bridgehead atoms. The van der Waals surface area contributed by atoms with Crippen molar-refractivity contribution in [2.45, 2.75) is 39.5 Å². The van der Waals surface area contributed by atoms with Crippen molar-refractivity contribution >= 4 is 0 Å². The molecule has 0 aromatic rings. The van der Waals surface area contributed by atoms with E-state index in [0.717, 1.165) is 32.2 Å². The van der Waals surface area contributed by atoms with E-state index in [2.05, 4.69) is 19.2 Å². The largest absolute Gasteiger partial charge is 0.382 e. The Bertz CT molecular complexity index is 131. The minimum absolute atomic E-state index is 0.705. The lowest BCUT2D eigenvalue weighted by molar-refractivity contribution is 0.0673. The van der Waals surface area contributed by atoms with Gasteiger partial charge in [0.05, 0.1) is 13.2 Å². The molecule has 0 aromatic heterocycles. The van der Waals surface area contributed by atoms with Crippen LogP contribution in [0, 0.1) is 5.92 Å². The van der Waals surface area contributed by atoms with E-state index in [9.17, 15) is 0 Å². The van der Waals surface area contributed by atoms with Gasteiger partial charge in [0.15, 0.2) is 0 Å². The Hall–Kier alpha value is -0.120. The van der Waals surface area contributed by atoms with Gasteiger partial charge in [0.2, 0.25) is 0 Å². The first-order valence-electron chi connectivity index (χ1n) is 6.58. The van der Waals surface area contributed by atoms with E-state index in [1.165, 1.54) is 25.7 Å². The Morgan fingerprint density at radius 3 is 2.56 bits per heavy atom. The average Bonchev–Trinajstić information content (AvgIpc) is 2.29. The van der Waals surface area contributed by atoms with Gasteiger partial charge in [0.25, 0.3) is 0 Å². The first kappa shape index (κ1) is 15.9. The Morgan fingerprint density at radius 1 is 1.06 bits per heavy atom. The summed E-state index contributed by atoms with van der Waals surface area (Å²) in [6, 6.07) is 0. The van der Waals surface area contributed by atoms with Crippen LogP contribution < -0.4 is 5.32 Å². The summed E-state index contributed by atoms with van der Waals surface area (Å²) in [5, 5.41) is 3.44. The van der Waals surface area contributed by atoms with Crippen LogP contribution in [0.4, 0.5) is 0 Å². The molecule has 0 radical (unpaired) electrons. The molecule has 1 unspecified atom stereocenters. The molecule has 3 nitrogen and oxygen atoms in total. The predicted molar refractivity (Wildman–Crippen MR) is 68.9 cm³/mol. The van der Waals surface area contributed by atoms with Crippen LogP contribution in [0.1, 0.15) is 39.5 Å². The summed E-state index contributed by atoms with van der Waals surface area (Å²) in [6.45, 7) is 9.12. The zero-order valence-corrected chi connectivity index (χ0v) is 11.3. The van der Waals surface area contributed by atoms with Crippen LogP contribution in [0.2, 0.25) is 0 Å². The van der Waals surface area contributed by atoms with Crippen molar-refractivity contribution in [3.05, 3.63) is 0 Å². The van der Waals surface area contributed by atoms with Crippen LogP contribution in [0.25, 0.3) is 0 Å². The first-order chi connectivity index (χ1) is 7.81. The van der Waals surface area contributed by atoms with E-state index < -0.39 is 0 Å². The summed E-state index contributed by atoms with van der Waals surface area (Å²) in [7, 11) is 1.70. The lowest BCUT2D eigenvalue weighted by atomic mass is 10.0. The summed E-state index contributed by atoms with van der Waals surface area (Å²) in [4.78, 5) is 0. The van der Waals surface area contributed by atoms with Gasteiger partial charge < -0.3 is 14.8 Å². The van der Waals surface area contributed by atoms with Gasteiger partial charge in [-0.1, -0.05) is 13.8 Å². The van der Waals surface area contributed by atoms with E-state index in [-0.39, 0.29) is 0 Å². The molecule has 0 aliphatic rings. The summed E-state index contributed by atoms with van der Waals surface area (Å²) in [5.74, 6) is 0.801. The summed E-state index contributed by atoms with van der Waals surface area (Å²) in [6.07, 6.45) is 4.93. The van der Waals surface area contributed by atoms with Crippen molar-refractivity contribution in [3.63, 3.8) is 0 Å². The van der Waals surface area contributed by atoms with Crippen LogP contribution in [0.3, 0.4) is 0 Å². The lowest BCUT2D eigenvalue weighted by Gasteiger charge is -2.11. The molecule has 0 heterocycles. The maximum atomic E-state index is 5.43. The number of rotatable bonds is 12. The molecule has 98 valence electrons. The third-order valence-corrected chi connectivity index (χ3v) is 2.66. The van der Waals surface area contributed by atoms with Crippen molar-refractivity contribution in [1.29, 1.82) is 0 Å². The zero-order chi connectivity index (χ0) is 12.1. The van der Waals surface area contributed by atoms with Crippen molar-refractivity contribution < 1.29 is 9.47 Å². The maximum Gasteiger partial charge on any atom is 0.0700 e. The molecule has 0 aromatic carbocycles. The van der Waals surface area contributed by atoms with Crippen LogP contribution in [-0.2, 0) is 9.47 Å². The highest BCUT2D eigenvalue weighted by atomic mass is 16.5. The molecule has 0 fully saturated rings. The van der Waals surface area contributed by atoms with Gasteiger partial charge in [-0.3, -0.25) is 0 Å². The van der Waals surface area contributed by atoms with Crippen molar-refractivity contribution in [1.82, 2.24) is 5.32 Å². The second kappa shape index (κ2) is 12.9. The number of hydrogen-bond donors (Lipinski definition) is 1. The number of nitrogens with one attached hydrogen (secondary N) is 1. The number of ether oxygens (including phenoxy) is 2. The Balaban J connectivity index is 3.08. The van der Waals surface area contributed by atoms with Gasteiger partial charge in [-0.05, 0) is 44.7 Å². The molecular weight excluding hydrogens is 202 g/mol. The van der Waals surface area contributed by atoms with Crippen LogP contribution >= 0.6 is 0 Å². The summed E-state index contributed by atoms with van der Waals surface area (Å²) in [5.41, 5.74) is 0. The fraction of sp³-hybridized carbons (Fsp3) is 1.00. The van der Waals surface area contributed by atoms with E-state index in [1.54, 1.807) is 7.11 Å². The van der Waals surface area contributed by atoms with E-state index in [4.69, 9.17) is 9.47 Å². The average molecular weight is 231 g/mol.